The summed E-state index contributed by atoms with van der Waals surface area (Å²) in [6, 6.07) is 7.09. The molecule has 2 rings (SSSR count). The van der Waals surface area contributed by atoms with Crippen LogP contribution in [0.2, 0.25) is 0 Å². The van der Waals surface area contributed by atoms with Crippen molar-refractivity contribution in [3.63, 3.8) is 0 Å². The highest BCUT2D eigenvalue weighted by atomic mass is 16.5. The first-order valence-corrected chi connectivity index (χ1v) is 6.55. The molecular formula is C15H19N3O2. The average molecular weight is 273 g/mol. The molecular weight excluding hydrogens is 254 g/mol. The van der Waals surface area contributed by atoms with Crippen LogP contribution >= 0.6 is 0 Å². The third-order valence-electron chi connectivity index (χ3n) is 3.07. The summed E-state index contributed by atoms with van der Waals surface area (Å²) in [5.74, 6) is 0.503. The molecule has 2 aromatic heterocycles. The number of methoxy groups -OCH3 is 1. The number of hydrogen-bond acceptors (Lipinski definition) is 3. The maximum Gasteiger partial charge on any atom is 0.247 e. The predicted molar refractivity (Wildman–Crippen MR) is 77.7 cm³/mol. The van der Waals surface area contributed by atoms with E-state index in [-0.39, 0.29) is 17.9 Å². The largest absolute Gasteiger partial charge is 0.480 e. The zero-order valence-corrected chi connectivity index (χ0v) is 11.9. The van der Waals surface area contributed by atoms with Gasteiger partial charge in [-0.1, -0.05) is 13.8 Å². The first-order valence-electron chi connectivity index (χ1n) is 6.55. The van der Waals surface area contributed by atoms with E-state index in [0.717, 1.165) is 0 Å². The Hall–Kier alpha value is -2.30. The van der Waals surface area contributed by atoms with Crippen molar-refractivity contribution in [2.24, 2.45) is 5.92 Å². The molecule has 0 saturated heterocycles. The predicted octanol–water partition coefficient (Wildman–Crippen LogP) is 2.73. The molecule has 0 spiro atoms. The van der Waals surface area contributed by atoms with Crippen molar-refractivity contribution in [1.29, 1.82) is 0 Å². The van der Waals surface area contributed by atoms with Gasteiger partial charge in [-0.3, -0.25) is 4.79 Å². The SMILES string of the molecule is COc1ncccc1NC(=O)[C@@H](C(C)C)n1cccc1. The van der Waals surface area contributed by atoms with Gasteiger partial charge < -0.3 is 14.6 Å². The van der Waals surface area contributed by atoms with E-state index in [9.17, 15) is 4.79 Å². The second-order valence-corrected chi connectivity index (χ2v) is 4.87. The van der Waals surface area contributed by atoms with E-state index in [0.29, 0.717) is 11.6 Å². The van der Waals surface area contributed by atoms with Gasteiger partial charge in [0.2, 0.25) is 11.8 Å². The maximum atomic E-state index is 12.5. The van der Waals surface area contributed by atoms with E-state index in [1.807, 2.05) is 42.9 Å². The van der Waals surface area contributed by atoms with Crippen LogP contribution in [-0.4, -0.2) is 22.6 Å². The van der Waals surface area contributed by atoms with E-state index >= 15 is 0 Å². The van der Waals surface area contributed by atoms with Gasteiger partial charge in [-0.15, -0.1) is 0 Å². The normalized spacial score (nSPS) is 12.2. The number of carbonyl (C=O) groups is 1. The quantitative estimate of drug-likeness (QED) is 0.911. The molecule has 1 atom stereocenters. The van der Waals surface area contributed by atoms with E-state index in [2.05, 4.69) is 10.3 Å². The topological polar surface area (TPSA) is 56.1 Å². The molecule has 20 heavy (non-hydrogen) atoms. The van der Waals surface area contributed by atoms with Crippen molar-refractivity contribution in [3.8, 4) is 5.88 Å². The Balaban J connectivity index is 2.21. The number of anilines is 1. The Kier molecular flexibility index (Phi) is 4.40. The number of aromatic nitrogens is 2. The number of ether oxygens (including phenoxy) is 1. The highest BCUT2D eigenvalue weighted by Gasteiger charge is 2.24. The molecule has 0 aliphatic rings. The summed E-state index contributed by atoms with van der Waals surface area (Å²) in [4.78, 5) is 16.6. The molecule has 0 fully saturated rings. The molecule has 0 aliphatic heterocycles. The van der Waals surface area contributed by atoms with Crippen molar-refractivity contribution in [2.75, 3.05) is 12.4 Å². The second-order valence-electron chi connectivity index (χ2n) is 4.87. The van der Waals surface area contributed by atoms with Crippen molar-refractivity contribution in [2.45, 2.75) is 19.9 Å². The fraction of sp³-hybridized carbons (Fsp3) is 0.333. The van der Waals surface area contributed by atoms with E-state index in [4.69, 9.17) is 4.74 Å². The van der Waals surface area contributed by atoms with Gasteiger partial charge in [0.05, 0.1) is 7.11 Å². The fourth-order valence-corrected chi connectivity index (χ4v) is 2.17. The minimum absolute atomic E-state index is 0.0810. The number of amides is 1. The van der Waals surface area contributed by atoms with Crippen LogP contribution < -0.4 is 10.1 Å². The van der Waals surface area contributed by atoms with Crippen LogP contribution in [0.5, 0.6) is 5.88 Å². The Bertz CT molecular complexity index is 564. The first-order chi connectivity index (χ1) is 9.63. The minimum atomic E-state index is -0.269. The van der Waals surface area contributed by atoms with Crippen LogP contribution in [0.15, 0.2) is 42.9 Å². The van der Waals surface area contributed by atoms with Crippen LogP contribution in [-0.2, 0) is 4.79 Å². The van der Waals surface area contributed by atoms with Crippen LogP contribution in [0.4, 0.5) is 5.69 Å². The third-order valence-corrected chi connectivity index (χ3v) is 3.07. The molecule has 1 amide bonds. The summed E-state index contributed by atoms with van der Waals surface area (Å²) >= 11 is 0. The van der Waals surface area contributed by atoms with Gasteiger partial charge in [0.1, 0.15) is 11.7 Å². The summed E-state index contributed by atoms with van der Waals surface area (Å²) in [5, 5.41) is 2.88. The van der Waals surface area contributed by atoms with Gasteiger partial charge in [0.15, 0.2) is 0 Å². The van der Waals surface area contributed by atoms with Crippen molar-refractivity contribution in [1.82, 2.24) is 9.55 Å². The van der Waals surface area contributed by atoms with Gasteiger partial charge in [-0.05, 0) is 30.2 Å². The minimum Gasteiger partial charge on any atom is -0.480 e. The van der Waals surface area contributed by atoms with E-state index < -0.39 is 0 Å². The van der Waals surface area contributed by atoms with E-state index in [1.54, 1.807) is 18.3 Å². The highest BCUT2D eigenvalue weighted by molar-refractivity contribution is 5.94. The van der Waals surface area contributed by atoms with Gasteiger partial charge in [-0.2, -0.15) is 0 Å². The van der Waals surface area contributed by atoms with Gasteiger partial charge in [0, 0.05) is 18.6 Å². The zero-order valence-electron chi connectivity index (χ0n) is 11.9. The number of nitrogens with one attached hydrogen (secondary N) is 1. The van der Waals surface area contributed by atoms with Crippen LogP contribution in [0.1, 0.15) is 19.9 Å². The fourth-order valence-electron chi connectivity index (χ4n) is 2.17. The molecule has 0 bridgehead atoms. The lowest BCUT2D eigenvalue weighted by Crippen LogP contribution is -2.29. The molecule has 2 heterocycles. The summed E-state index contributed by atoms with van der Waals surface area (Å²) in [5.41, 5.74) is 0.581. The third kappa shape index (κ3) is 2.99. The molecule has 0 radical (unpaired) electrons. The molecule has 5 nitrogen and oxygen atoms in total. The van der Waals surface area contributed by atoms with E-state index in [1.165, 1.54) is 7.11 Å². The van der Waals surface area contributed by atoms with Crippen LogP contribution in [0.25, 0.3) is 0 Å². The second kappa shape index (κ2) is 6.23. The Labute approximate surface area is 118 Å². The highest BCUT2D eigenvalue weighted by Crippen LogP contribution is 2.24. The van der Waals surface area contributed by atoms with Gasteiger partial charge >= 0.3 is 0 Å². The Morgan fingerprint density at radius 1 is 1.30 bits per heavy atom. The monoisotopic (exact) mass is 273 g/mol. The molecule has 5 heteroatoms. The van der Waals surface area contributed by atoms with Gasteiger partial charge in [-0.25, -0.2) is 4.98 Å². The lowest BCUT2D eigenvalue weighted by molar-refractivity contribution is -0.120. The Morgan fingerprint density at radius 2 is 2.00 bits per heavy atom. The first kappa shape index (κ1) is 14.1. The molecule has 0 aromatic carbocycles. The zero-order chi connectivity index (χ0) is 14.5. The number of pyridine rings is 1. The lowest BCUT2D eigenvalue weighted by Gasteiger charge is -2.22. The average Bonchev–Trinajstić information content (AvgIpc) is 2.92. The molecule has 0 unspecified atom stereocenters. The number of carbonyl (C=O) groups excluding carboxylic acids is 1. The van der Waals surface area contributed by atoms with Gasteiger partial charge in [0.25, 0.3) is 0 Å². The maximum absolute atomic E-state index is 12.5. The molecule has 1 N–H and O–H groups in total. The Morgan fingerprint density at radius 3 is 2.60 bits per heavy atom. The van der Waals surface area contributed by atoms with Crippen LogP contribution in [0.3, 0.4) is 0 Å². The molecule has 0 saturated carbocycles. The summed E-state index contributed by atoms with van der Waals surface area (Å²) in [7, 11) is 1.53. The lowest BCUT2D eigenvalue weighted by atomic mass is 10.0. The summed E-state index contributed by atoms with van der Waals surface area (Å²) < 4.78 is 7.05. The number of rotatable bonds is 5. The molecule has 106 valence electrons. The smallest absolute Gasteiger partial charge is 0.247 e. The van der Waals surface area contributed by atoms with Crippen molar-refractivity contribution in [3.05, 3.63) is 42.9 Å². The summed E-state index contributed by atoms with van der Waals surface area (Å²) in [6.45, 7) is 4.04. The van der Waals surface area contributed by atoms with Crippen molar-refractivity contribution >= 4 is 11.6 Å². The summed E-state index contributed by atoms with van der Waals surface area (Å²) in [6.07, 6.45) is 5.41. The number of nitrogens with zero attached hydrogens (tertiary/aromatic N) is 2. The molecule has 0 aliphatic carbocycles. The standard InChI is InChI=1S/C15H19N3O2/c1-11(2)13(18-9-4-5-10-18)14(19)17-12-7-6-8-16-15(12)20-3/h4-11,13H,1-3H3,(H,17,19)/t13-/m1/s1. The molecule has 2 aromatic rings. The number of hydrogen-bond donors (Lipinski definition) is 1. The van der Waals surface area contributed by atoms with Crippen LogP contribution in [0, 0.1) is 5.92 Å². The van der Waals surface area contributed by atoms with Crippen molar-refractivity contribution < 1.29 is 9.53 Å².